The van der Waals surface area contributed by atoms with Crippen LogP contribution in [0.1, 0.15) is 33.6 Å². The Morgan fingerprint density at radius 1 is 1.44 bits per heavy atom. The van der Waals surface area contributed by atoms with Crippen molar-refractivity contribution < 1.29 is 4.79 Å². The normalized spacial score (nSPS) is 23.2. The van der Waals surface area contributed by atoms with Crippen LogP contribution < -0.4 is 11.1 Å². The molecule has 4 nitrogen and oxygen atoms in total. The second kappa shape index (κ2) is 9.84. The third-order valence-electron chi connectivity index (χ3n) is 3.30. The maximum atomic E-state index is 11.3. The molecular weight excluding hydrogens is 273 g/mol. The number of hydrogen-bond acceptors (Lipinski definition) is 3. The molecule has 0 spiro atoms. The molecule has 0 aromatic carbocycles. The van der Waals surface area contributed by atoms with Gasteiger partial charge in [0.05, 0.1) is 6.04 Å². The molecule has 0 saturated carbocycles. The van der Waals surface area contributed by atoms with Gasteiger partial charge in [0.15, 0.2) is 0 Å². The second-order valence-electron chi connectivity index (χ2n) is 5.13. The van der Waals surface area contributed by atoms with Crippen molar-refractivity contribution in [3.8, 4) is 0 Å². The summed E-state index contributed by atoms with van der Waals surface area (Å²) in [7, 11) is 0. The van der Waals surface area contributed by atoms with Crippen LogP contribution in [0.25, 0.3) is 0 Å². The van der Waals surface area contributed by atoms with E-state index in [1.165, 1.54) is 12.8 Å². The van der Waals surface area contributed by atoms with Gasteiger partial charge in [-0.15, -0.1) is 24.8 Å². The van der Waals surface area contributed by atoms with Crippen LogP contribution in [-0.2, 0) is 4.79 Å². The molecule has 1 heterocycles. The fourth-order valence-corrected chi connectivity index (χ4v) is 2.16. The highest BCUT2D eigenvalue weighted by atomic mass is 35.5. The highest BCUT2D eigenvalue weighted by Gasteiger charge is 2.21. The third-order valence-corrected chi connectivity index (χ3v) is 3.30. The molecule has 0 aliphatic carbocycles. The average Bonchev–Trinajstić information content (AvgIpc) is 2.25. The highest BCUT2D eigenvalue weighted by molar-refractivity contribution is 5.85. The van der Waals surface area contributed by atoms with Crippen molar-refractivity contribution in [2.75, 3.05) is 19.6 Å². The van der Waals surface area contributed by atoms with E-state index in [2.05, 4.69) is 24.1 Å². The molecule has 3 atom stereocenters. The molecule has 6 heteroatoms. The molecule has 1 rings (SSSR count). The smallest absolute Gasteiger partial charge is 0.236 e. The van der Waals surface area contributed by atoms with Gasteiger partial charge in [-0.05, 0) is 39.2 Å². The first kappa shape index (κ1) is 20.3. The zero-order valence-electron chi connectivity index (χ0n) is 11.5. The van der Waals surface area contributed by atoms with Crippen molar-refractivity contribution in [1.82, 2.24) is 10.2 Å². The van der Waals surface area contributed by atoms with Crippen molar-refractivity contribution >= 4 is 30.7 Å². The van der Waals surface area contributed by atoms with E-state index in [4.69, 9.17) is 5.73 Å². The van der Waals surface area contributed by atoms with Gasteiger partial charge < -0.3 is 11.1 Å². The minimum Gasteiger partial charge on any atom is -0.353 e. The number of rotatable bonds is 4. The minimum atomic E-state index is -0.410. The summed E-state index contributed by atoms with van der Waals surface area (Å²) in [5, 5.41) is 2.89. The van der Waals surface area contributed by atoms with Gasteiger partial charge in [0.2, 0.25) is 5.91 Å². The molecular formula is C12H27Cl2N3O. The summed E-state index contributed by atoms with van der Waals surface area (Å²) >= 11 is 0. The van der Waals surface area contributed by atoms with E-state index in [0.717, 1.165) is 19.0 Å². The number of nitrogens with zero attached hydrogens (tertiary/aromatic N) is 1. The van der Waals surface area contributed by atoms with Gasteiger partial charge in [-0.2, -0.15) is 0 Å². The fourth-order valence-electron chi connectivity index (χ4n) is 2.16. The molecule has 110 valence electrons. The first-order valence-electron chi connectivity index (χ1n) is 6.28. The first-order chi connectivity index (χ1) is 7.50. The predicted molar refractivity (Wildman–Crippen MR) is 80.6 cm³/mol. The molecule has 18 heavy (non-hydrogen) atoms. The number of carbonyl (C=O) groups excluding carboxylic acids is 1. The van der Waals surface area contributed by atoms with Crippen LogP contribution >= 0.6 is 24.8 Å². The molecule has 3 N–H and O–H groups in total. The molecule has 1 fully saturated rings. The molecule has 1 amide bonds. The maximum absolute atomic E-state index is 11.3. The number of halogens is 2. The van der Waals surface area contributed by atoms with Crippen molar-refractivity contribution in [2.24, 2.45) is 11.7 Å². The van der Waals surface area contributed by atoms with Gasteiger partial charge in [-0.3, -0.25) is 9.69 Å². The zero-order chi connectivity index (χ0) is 12.1. The monoisotopic (exact) mass is 299 g/mol. The summed E-state index contributed by atoms with van der Waals surface area (Å²) in [6.45, 7) is 9.17. The molecule has 0 aromatic rings. The lowest BCUT2D eigenvalue weighted by Crippen LogP contribution is -2.48. The van der Waals surface area contributed by atoms with Crippen LogP contribution in [0.5, 0.6) is 0 Å². The summed E-state index contributed by atoms with van der Waals surface area (Å²) in [4.78, 5) is 13.8. The van der Waals surface area contributed by atoms with E-state index < -0.39 is 6.04 Å². The third kappa shape index (κ3) is 6.78. The van der Waals surface area contributed by atoms with Crippen LogP contribution in [0.4, 0.5) is 0 Å². The lowest BCUT2D eigenvalue weighted by Gasteiger charge is -2.35. The fraction of sp³-hybridized carbons (Fsp3) is 0.917. The largest absolute Gasteiger partial charge is 0.353 e. The van der Waals surface area contributed by atoms with Crippen molar-refractivity contribution in [1.29, 1.82) is 0 Å². The van der Waals surface area contributed by atoms with E-state index in [9.17, 15) is 4.79 Å². The zero-order valence-corrected chi connectivity index (χ0v) is 13.1. The second-order valence-corrected chi connectivity index (χ2v) is 5.13. The van der Waals surface area contributed by atoms with Crippen molar-refractivity contribution in [3.05, 3.63) is 0 Å². The Bertz CT molecular complexity index is 239. The van der Waals surface area contributed by atoms with E-state index in [-0.39, 0.29) is 30.7 Å². The van der Waals surface area contributed by atoms with Crippen molar-refractivity contribution in [2.45, 2.75) is 45.7 Å². The van der Waals surface area contributed by atoms with Gasteiger partial charge in [-0.25, -0.2) is 0 Å². The number of nitrogens with two attached hydrogens (primary N) is 1. The van der Waals surface area contributed by atoms with Crippen LogP contribution in [0, 0.1) is 5.92 Å². The minimum absolute atomic E-state index is 0. The molecule has 2 unspecified atom stereocenters. The Morgan fingerprint density at radius 3 is 2.56 bits per heavy atom. The Kier molecular flexibility index (Phi) is 11.1. The lowest BCUT2D eigenvalue weighted by atomic mass is 9.99. The molecule has 0 aromatic heterocycles. The SMILES string of the molecule is CC1CCCN(C(C)CNC(=O)[C@@H](C)N)C1.Cl.Cl. The number of piperidine rings is 1. The van der Waals surface area contributed by atoms with E-state index >= 15 is 0 Å². The first-order valence-corrected chi connectivity index (χ1v) is 6.28. The summed E-state index contributed by atoms with van der Waals surface area (Å²) < 4.78 is 0. The van der Waals surface area contributed by atoms with Gasteiger partial charge in [-0.1, -0.05) is 6.92 Å². The number of likely N-dealkylation sites (tertiary alicyclic amines) is 1. The maximum Gasteiger partial charge on any atom is 0.236 e. The van der Waals surface area contributed by atoms with E-state index in [1.54, 1.807) is 6.92 Å². The molecule has 1 aliphatic heterocycles. The highest BCUT2D eigenvalue weighted by Crippen LogP contribution is 2.17. The molecule has 0 radical (unpaired) electrons. The average molecular weight is 300 g/mol. The Balaban J connectivity index is 0. The Morgan fingerprint density at radius 2 is 2.06 bits per heavy atom. The number of amides is 1. The summed E-state index contributed by atoms with van der Waals surface area (Å²) in [5.41, 5.74) is 5.50. The van der Waals surface area contributed by atoms with Gasteiger partial charge in [0.1, 0.15) is 0 Å². The number of nitrogens with one attached hydrogen (secondary N) is 1. The lowest BCUT2D eigenvalue weighted by molar-refractivity contribution is -0.122. The molecule has 1 saturated heterocycles. The quantitative estimate of drug-likeness (QED) is 0.825. The van der Waals surface area contributed by atoms with Crippen LogP contribution in [0.15, 0.2) is 0 Å². The summed E-state index contributed by atoms with van der Waals surface area (Å²) in [5.74, 6) is 0.720. The number of hydrogen-bond donors (Lipinski definition) is 2. The molecule has 0 bridgehead atoms. The van der Waals surface area contributed by atoms with Crippen LogP contribution in [-0.4, -0.2) is 42.5 Å². The Hall–Kier alpha value is -0.0300. The van der Waals surface area contributed by atoms with Crippen LogP contribution in [0.3, 0.4) is 0 Å². The Labute approximate surface area is 123 Å². The van der Waals surface area contributed by atoms with Gasteiger partial charge in [0.25, 0.3) is 0 Å². The van der Waals surface area contributed by atoms with Crippen molar-refractivity contribution in [3.63, 3.8) is 0 Å². The standard InChI is InChI=1S/C12H25N3O.2ClH/c1-9-5-4-6-15(8-9)10(2)7-14-12(16)11(3)13;;/h9-11H,4-8,13H2,1-3H3,(H,14,16);2*1H/t9?,10?,11-;;/m1../s1. The topological polar surface area (TPSA) is 58.4 Å². The molecule has 1 aliphatic rings. The van der Waals surface area contributed by atoms with E-state index in [0.29, 0.717) is 12.6 Å². The van der Waals surface area contributed by atoms with Gasteiger partial charge in [0, 0.05) is 19.1 Å². The van der Waals surface area contributed by atoms with E-state index in [1.807, 2.05) is 0 Å². The summed E-state index contributed by atoms with van der Waals surface area (Å²) in [6, 6.07) is -0.00192. The van der Waals surface area contributed by atoms with Crippen LogP contribution in [0.2, 0.25) is 0 Å². The van der Waals surface area contributed by atoms with Gasteiger partial charge >= 0.3 is 0 Å². The predicted octanol–water partition coefficient (Wildman–Crippen LogP) is 1.41. The number of carbonyl (C=O) groups is 1. The summed E-state index contributed by atoms with van der Waals surface area (Å²) in [6.07, 6.45) is 2.60.